The molecule has 1 aromatic carbocycles. The molecule has 0 unspecified atom stereocenters. The van der Waals surface area contributed by atoms with E-state index in [1.807, 2.05) is 0 Å². The Labute approximate surface area is 155 Å². The molecule has 0 spiro atoms. The van der Waals surface area contributed by atoms with E-state index in [4.69, 9.17) is 9.47 Å². The topological polar surface area (TPSA) is 26.6 Å². The first-order valence-electron chi connectivity index (χ1n) is 9.89. The highest BCUT2D eigenvalue weighted by molar-refractivity contribution is 5.90. The molecule has 5 rings (SSSR count). The fourth-order valence-electron chi connectivity index (χ4n) is 5.83. The van der Waals surface area contributed by atoms with Crippen LogP contribution in [0.2, 0.25) is 0 Å². The Balaban J connectivity index is 1.86. The molecule has 0 aliphatic carbocycles. The Kier molecular flexibility index (Phi) is 3.78. The molecule has 2 atom stereocenters. The molecule has 2 aromatic rings. The molecule has 26 heavy (non-hydrogen) atoms. The van der Waals surface area contributed by atoms with Crippen molar-refractivity contribution in [1.29, 1.82) is 0 Å². The first-order chi connectivity index (χ1) is 12.7. The van der Waals surface area contributed by atoms with E-state index < -0.39 is 0 Å². The lowest BCUT2D eigenvalue weighted by molar-refractivity contribution is -0.0655. The van der Waals surface area contributed by atoms with Crippen molar-refractivity contribution in [3.05, 3.63) is 41.6 Å². The van der Waals surface area contributed by atoms with Gasteiger partial charge < -0.3 is 14.0 Å². The van der Waals surface area contributed by atoms with Gasteiger partial charge in [-0.2, -0.15) is 0 Å². The number of fused-ring (bicyclic) bond motifs is 3. The van der Waals surface area contributed by atoms with Crippen molar-refractivity contribution >= 4 is 16.6 Å². The molecule has 0 bridgehead atoms. The molecule has 3 aliphatic heterocycles. The number of aromatic nitrogens is 1. The van der Waals surface area contributed by atoms with Crippen molar-refractivity contribution in [2.24, 2.45) is 5.41 Å². The Hall–Kier alpha value is -1.62. The third-order valence-corrected chi connectivity index (χ3v) is 6.95. The number of rotatable bonds is 4. The van der Waals surface area contributed by atoms with Crippen molar-refractivity contribution in [3.63, 3.8) is 0 Å². The molecule has 4 nitrogen and oxygen atoms in total. The lowest BCUT2D eigenvalue weighted by atomic mass is 9.66. The Morgan fingerprint density at radius 1 is 1.19 bits per heavy atom. The van der Waals surface area contributed by atoms with Crippen LogP contribution in [0.1, 0.15) is 43.5 Å². The summed E-state index contributed by atoms with van der Waals surface area (Å²) >= 11 is 0. The summed E-state index contributed by atoms with van der Waals surface area (Å²) in [6.07, 6.45) is 6.96. The molecule has 0 saturated carbocycles. The van der Waals surface area contributed by atoms with Crippen molar-refractivity contribution in [1.82, 2.24) is 9.47 Å². The van der Waals surface area contributed by atoms with Gasteiger partial charge in [-0.25, -0.2) is 0 Å². The van der Waals surface area contributed by atoms with Gasteiger partial charge in [-0.15, -0.1) is 0 Å². The smallest absolute Gasteiger partial charge is 0.198 e. The van der Waals surface area contributed by atoms with E-state index in [2.05, 4.69) is 46.7 Å². The molecule has 4 heterocycles. The van der Waals surface area contributed by atoms with Gasteiger partial charge in [0.15, 0.2) is 6.29 Å². The quantitative estimate of drug-likeness (QED) is 0.772. The second-order valence-corrected chi connectivity index (χ2v) is 7.97. The van der Waals surface area contributed by atoms with E-state index in [1.54, 1.807) is 14.2 Å². The number of piperidine rings is 1. The molecule has 1 fully saturated rings. The van der Waals surface area contributed by atoms with Crippen LogP contribution < -0.4 is 0 Å². The molecule has 0 radical (unpaired) electrons. The van der Waals surface area contributed by atoms with E-state index >= 15 is 0 Å². The summed E-state index contributed by atoms with van der Waals surface area (Å²) in [6.45, 7) is 4.74. The predicted octanol–water partition coefficient (Wildman–Crippen LogP) is 4.20. The van der Waals surface area contributed by atoms with E-state index in [9.17, 15) is 0 Å². The molecule has 138 valence electrons. The van der Waals surface area contributed by atoms with Gasteiger partial charge in [0.2, 0.25) is 0 Å². The van der Waals surface area contributed by atoms with Crippen LogP contribution >= 0.6 is 0 Å². The van der Waals surface area contributed by atoms with E-state index in [0.29, 0.717) is 6.04 Å². The van der Waals surface area contributed by atoms with Gasteiger partial charge in [0.25, 0.3) is 0 Å². The maximum Gasteiger partial charge on any atom is 0.198 e. The standard InChI is InChI=1S/C22H28N2O2/c1-4-22-11-7-12-23-13-10-16-15-8-5-6-9-17(15)24(19(16)20(22)23)18(14-22)21(25-2)26-3/h5-6,8-9,14,20-21H,4,7,10-13H2,1-3H3/t20-,22+/m1/s1. The Morgan fingerprint density at radius 2 is 2.00 bits per heavy atom. The van der Waals surface area contributed by atoms with Crippen LogP contribution in [-0.4, -0.2) is 43.1 Å². The van der Waals surface area contributed by atoms with Crippen LogP contribution in [0.25, 0.3) is 16.6 Å². The van der Waals surface area contributed by atoms with Gasteiger partial charge in [0.1, 0.15) is 0 Å². The second-order valence-electron chi connectivity index (χ2n) is 7.97. The number of benzene rings is 1. The van der Waals surface area contributed by atoms with Crippen molar-refractivity contribution in [2.75, 3.05) is 27.3 Å². The van der Waals surface area contributed by atoms with Crippen LogP contribution in [0.3, 0.4) is 0 Å². The summed E-state index contributed by atoms with van der Waals surface area (Å²) < 4.78 is 13.9. The minimum absolute atomic E-state index is 0.183. The van der Waals surface area contributed by atoms with Gasteiger partial charge >= 0.3 is 0 Å². The van der Waals surface area contributed by atoms with E-state index in [0.717, 1.165) is 18.5 Å². The first kappa shape index (κ1) is 16.5. The summed E-state index contributed by atoms with van der Waals surface area (Å²) in [5.41, 5.74) is 5.67. The molecule has 3 aliphatic rings. The molecule has 1 aromatic heterocycles. The average molecular weight is 352 g/mol. The number of hydrogen-bond donors (Lipinski definition) is 0. The number of hydrogen-bond acceptors (Lipinski definition) is 3. The van der Waals surface area contributed by atoms with Crippen LogP contribution in [0, 0.1) is 5.41 Å². The third kappa shape index (κ3) is 2.01. The van der Waals surface area contributed by atoms with Crippen molar-refractivity contribution < 1.29 is 9.47 Å². The maximum absolute atomic E-state index is 5.74. The van der Waals surface area contributed by atoms with Crippen molar-refractivity contribution in [2.45, 2.75) is 44.9 Å². The highest BCUT2D eigenvalue weighted by atomic mass is 16.7. The average Bonchev–Trinajstić information content (AvgIpc) is 3.03. The Morgan fingerprint density at radius 3 is 2.77 bits per heavy atom. The number of para-hydroxylation sites is 1. The molecule has 1 saturated heterocycles. The highest BCUT2D eigenvalue weighted by Gasteiger charge is 2.51. The monoisotopic (exact) mass is 352 g/mol. The highest BCUT2D eigenvalue weighted by Crippen LogP contribution is 2.57. The summed E-state index contributed by atoms with van der Waals surface area (Å²) in [6, 6.07) is 9.32. The van der Waals surface area contributed by atoms with Crippen LogP contribution in [0.4, 0.5) is 0 Å². The fraction of sp³-hybridized carbons (Fsp3) is 0.545. The predicted molar refractivity (Wildman–Crippen MR) is 104 cm³/mol. The molecule has 4 heteroatoms. The number of ether oxygens (including phenoxy) is 2. The zero-order chi connectivity index (χ0) is 17.9. The second kappa shape index (κ2) is 5.95. The summed E-state index contributed by atoms with van der Waals surface area (Å²) in [7, 11) is 3.48. The van der Waals surface area contributed by atoms with Crippen LogP contribution in [-0.2, 0) is 15.9 Å². The zero-order valence-corrected chi connectivity index (χ0v) is 16.0. The molecular weight excluding hydrogens is 324 g/mol. The fourth-order valence-corrected chi connectivity index (χ4v) is 5.83. The van der Waals surface area contributed by atoms with Crippen LogP contribution in [0.5, 0.6) is 0 Å². The normalized spacial score (nSPS) is 27.7. The van der Waals surface area contributed by atoms with Crippen molar-refractivity contribution in [3.8, 4) is 0 Å². The largest absolute Gasteiger partial charge is 0.350 e. The van der Waals surface area contributed by atoms with Gasteiger partial charge in [-0.1, -0.05) is 31.2 Å². The third-order valence-electron chi connectivity index (χ3n) is 6.95. The molecular formula is C22H28N2O2. The number of nitrogens with zero attached hydrogens (tertiary/aromatic N) is 2. The summed E-state index contributed by atoms with van der Waals surface area (Å²) in [4.78, 5) is 2.73. The Bertz CT molecular complexity index is 880. The minimum Gasteiger partial charge on any atom is -0.350 e. The SMILES string of the molecule is CC[C@@]12C=C(C(OC)OC)n3c4c(c5ccccc53)CCN(CCC1)[C@H]42. The maximum atomic E-state index is 5.74. The van der Waals surface area contributed by atoms with Gasteiger partial charge in [0.05, 0.1) is 17.3 Å². The van der Waals surface area contributed by atoms with Gasteiger partial charge in [-0.05, 0) is 43.9 Å². The zero-order valence-electron chi connectivity index (χ0n) is 16.0. The lowest BCUT2D eigenvalue weighted by Crippen LogP contribution is -2.51. The lowest BCUT2D eigenvalue weighted by Gasteiger charge is -2.54. The van der Waals surface area contributed by atoms with Crippen LogP contribution in [0.15, 0.2) is 30.3 Å². The molecule has 0 N–H and O–H groups in total. The van der Waals surface area contributed by atoms with E-state index in [1.165, 1.54) is 48.1 Å². The summed E-state index contributed by atoms with van der Waals surface area (Å²) in [5.74, 6) is 0. The first-order valence-corrected chi connectivity index (χ1v) is 9.89. The molecule has 0 amide bonds. The van der Waals surface area contributed by atoms with Gasteiger partial charge in [0, 0.05) is 37.3 Å². The summed E-state index contributed by atoms with van der Waals surface area (Å²) in [5, 5.41) is 1.40. The number of methoxy groups -OCH3 is 2. The van der Waals surface area contributed by atoms with E-state index in [-0.39, 0.29) is 11.7 Å². The van der Waals surface area contributed by atoms with Gasteiger partial charge in [-0.3, -0.25) is 4.90 Å². The minimum atomic E-state index is -0.336.